The fourth-order valence-electron chi connectivity index (χ4n) is 1.85. The van der Waals surface area contributed by atoms with E-state index < -0.39 is 0 Å². The number of nitrogens with zero attached hydrogens (tertiary/aromatic N) is 1. The molecule has 0 radical (unpaired) electrons. The van der Waals surface area contributed by atoms with Crippen LogP contribution in [0.2, 0.25) is 0 Å². The Morgan fingerprint density at radius 3 is 3.00 bits per heavy atom. The normalized spacial score (nSPS) is 11.3. The molecule has 2 N–H and O–H groups in total. The van der Waals surface area contributed by atoms with Crippen molar-refractivity contribution < 1.29 is 0 Å². The van der Waals surface area contributed by atoms with Gasteiger partial charge in [0.25, 0.3) is 0 Å². The fourth-order valence-corrected chi connectivity index (χ4v) is 2.06. The highest BCUT2D eigenvalue weighted by Crippen LogP contribution is 2.25. The third-order valence-electron chi connectivity index (χ3n) is 2.58. The lowest BCUT2D eigenvalue weighted by molar-refractivity contribution is 1.03. The van der Waals surface area contributed by atoms with Gasteiger partial charge in [-0.2, -0.15) is 5.10 Å². The quantitative estimate of drug-likeness (QED) is 0.566. The van der Waals surface area contributed by atoms with Crippen molar-refractivity contribution in [3.63, 3.8) is 0 Å². The molecule has 0 saturated heterocycles. The first-order chi connectivity index (χ1) is 7.25. The lowest BCUT2D eigenvalue weighted by atomic mass is 10.1. The molecule has 0 aliphatic carbocycles. The molecular weight excluding hydrogens is 206 g/mol. The Labute approximate surface area is 91.1 Å². The van der Waals surface area contributed by atoms with Gasteiger partial charge in [0.15, 0.2) is 0 Å². The lowest BCUT2D eigenvalue weighted by Gasteiger charge is -1.92. The molecule has 0 aliphatic rings. The molecule has 0 atom stereocenters. The third-order valence-corrected chi connectivity index (χ3v) is 2.88. The van der Waals surface area contributed by atoms with Crippen molar-refractivity contribution in [1.82, 2.24) is 15.2 Å². The topological polar surface area (TPSA) is 44.5 Å². The van der Waals surface area contributed by atoms with E-state index in [1.54, 1.807) is 0 Å². The van der Waals surface area contributed by atoms with Gasteiger partial charge >= 0.3 is 0 Å². The van der Waals surface area contributed by atoms with Crippen LogP contribution < -0.4 is 0 Å². The minimum Gasteiger partial charge on any atom is -0.352 e. The van der Waals surface area contributed by atoms with E-state index in [0.717, 1.165) is 16.4 Å². The molecule has 3 aromatic rings. The van der Waals surface area contributed by atoms with Gasteiger partial charge in [-0.15, -0.1) is 0 Å². The average Bonchev–Trinajstić information content (AvgIpc) is 2.58. The summed E-state index contributed by atoms with van der Waals surface area (Å²) in [4.78, 5) is 3.30. The molecule has 15 heavy (non-hydrogen) atoms. The van der Waals surface area contributed by atoms with Gasteiger partial charge in [-0.3, -0.25) is 5.10 Å². The van der Waals surface area contributed by atoms with Crippen LogP contribution in [-0.4, -0.2) is 15.2 Å². The van der Waals surface area contributed by atoms with Crippen molar-refractivity contribution in [1.29, 1.82) is 0 Å². The second-order valence-corrected chi connectivity index (χ2v) is 4.07. The number of benzene rings is 1. The van der Waals surface area contributed by atoms with Crippen molar-refractivity contribution in [2.75, 3.05) is 0 Å². The third kappa shape index (κ3) is 1.18. The Bertz CT molecular complexity index is 708. The molecule has 2 heterocycles. The number of aryl methyl sites for hydroxylation is 1. The molecule has 0 saturated carbocycles. The van der Waals surface area contributed by atoms with Gasteiger partial charge in [0.2, 0.25) is 0 Å². The summed E-state index contributed by atoms with van der Waals surface area (Å²) in [6.45, 7) is 2.08. The first-order valence-corrected chi connectivity index (χ1v) is 5.12. The van der Waals surface area contributed by atoms with Crippen LogP contribution in [0.15, 0.2) is 24.4 Å². The van der Waals surface area contributed by atoms with Crippen molar-refractivity contribution >= 4 is 34.0 Å². The van der Waals surface area contributed by atoms with Gasteiger partial charge in [0.05, 0.1) is 11.7 Å². The monoisotopic (exact) mass is 215 g/mol. The molecule has 0 spiro atoms. The van der Waals surface area contributed by atoms with Crippen molar-refractivity contribution in [3.8, 4) is 0 Å². The summed E-state index contributed by atoms with van der Waals surface area (Å²) < 4.78 is 0.654. The predicted octanol–water partition coefficient (Wildman–Crippen LogP) is 3.08. The fraction of sp³-hybridized carbons (Fsp3) is 0.0909. The molecule has 74 valence electrons. The zero-order valence-corrected chi connectivity index (χ0v) is 8.98. The first kappa shape index (κ1) is 8.61. The summed E-state index contributed by atoms with van der Waals surface area (Å²) in [5.74, 6) is 0. The van der Waals surface area contributed by atoms with Crippen molar-refractivity contribution in [3.05, 3.63) is 34.6 Å². The van der Waals surface area contributed by atoms with Gasteiger partial charge in [-0.05, 0) is 19.1 Å². The van der Waals surface area contributed by atoms with E-state index in [2.05, 4.69) is 40.3 Å². The van der Waals surface area contributed by atoms with Crippen LogP contribution in [0.25, 0.3) is 21.8 Å². The maximum atomic E-state index is 5.18. The van der Waals surface area contributed by atoms with E-state index in [4.69, 9.17) is 12.2 Å². The van der Waals surface area contributed by atoms with E-state index in [-0.39, 0.29) is 0 Å². The molecular formula is C11H9N3S. The van der Waals surface area contributed by atoms with E-state index in [1.807, 2.05) is 6.20 Å². The first-order valence-electron chi connectivity index (χ1n) is 4.71. The lowest BCUT2D eigenvalue weighted by Crippen LogP contribution is -1.80. The van der Waals surface area contributed by atoms with Crippen molar-refractivity contribution in [2.45, 2.75) is 6.92 Å². The zero-order chi connectivity index (χ0) is 10.4. The molecule has 0 unspecified atom stereocenters. The van der Waals surface area contributed by atoms with Crippen LogP contribution in [0.1, 0.15) is 5.56 Å². The second kappa shape index (κ2) is 2.90. The van der Waals surface area contributed by atoms with Gasteiger partial charge < -0.3 is 4.98 Å². The molecule has 0 amide bonds. The van der Waals surface area contributed by atoms with Crippen molar-refractivity contribution in [2.24, 2.45) is 0 Å². The highest BCUT2D eigenvalue weighted by molar-refractivity contribution is 7.71. The van der Waals surface area contributed by atoms with Gasteiger partial charge in [0, 0.05) is 16.3 Å². The minimum absolute atomic E-state index is 0.654. The molecule has 0 aliphatic heterocycles. The average molecular weight is 215 g/mol. The number of fused-ring (bicyclic) bond motifs is 3. The summed E-state index contributed by atoms with van der Waals surface area (Å²) in [5, 5.41) is 9.06. The maximum absolute atomic E-state index is 5.18. The van der Waals surface area contributed by atoms with Crippen LogP contribution in [-0.2, 0) is 0 Å². The number of hydrogen-bond donors (Lipinski definition) is 2. The Hall–Kier alpha value is -1.68. The number of aromatic nitrogens is 3. The van der Waals surface area contributed by atoms with E-state index in [9.17, 15) is 0 Å². The highest BCUT2D eigenvalue weighted by Gasteiger charge is 2.05. The van der Waals surface area contributed by atoms with Crippen LogP contribution in [0.3, 0.4) is 0 Å². The standard InChI is InChI=1S/C11H9N3S/c1-6-2-3-9-7(4-6)8-5-12-14-11(15)10(8)13-9/h2-5,13H,1H3,(H,14,15). The van der Waals surface area contributed by atoms with E-state index >= 15 is 0 Å². The smallest absolute Gasteiger partial charge is 0.144 e. The SMILES string of the molecule is Cc1ccc2[nH]c3c(=S)[nH]ncc3c2c1. The minimum atomic E-state index is 0.654. The summed E-state index contributed by atoms with van der Waals surface area (Å²) >= 11 is 5.18. The number of aromatic amines is 2. The molecule has 4 heteroatoms. The summed E-state index contributed by atoms with van der Waals surface area (Å²) in [6.07, 6.45) is 1.81. The predicted molar refractivity (Wildman–Crippen MR) is 63.5 cm³/mol. The molecule has 2 aromatic heterocycles. The van der Waals surface area contributed by atoms with Gasteiger partial charge in [-0.1, -0.05) is 23.8 Å². The molecule has 3 rings (SSSR count). The Kier molecular flexibility index (Phi) is 1.67. The Morgan fingerprint density at radius 2 is 2.13 bits per heavy atom. The summed E-state index contributed by atoms with van der Waals surface area (Å²) in [6, 6.07) is 6.29. The Balaban J connectivity index is 2.64. The zero-order valence-electron chi connectivity index (χ0n) is 8.16. The molecule has 1 aromatic carbocycles. The van der Waals surface area contributed by atoms with Crippen LogP contribution in [0.5, 0.6) is 0 Å². The summed E-state index contributed by atoms with van der Waals surface area (Å²) in [7, 11) is 0. The maximum Gasteiger partial charge on any atom is 0.144 e. The second-order valence-electron chi connectivity index (χ2n) is 3.66. The van der Waals surface area contributed by atoms with Crippen LogP contribution >= 0.6 is 12.2 Å². The molecule has 3 nitrogen and oxygen atoms in total. The largest absolute Gasteiger partial charge is 0.352 e. The Morgan fingerprint density at radius 1 is 1.27 bits per heavy atom. The highest BCUT2D eigenvalue weighted by atomic mass is 32.1. The van der Waals surface area contributed by atoms with E-state index in [0.29, 0.717) is 4.64 Å². The number of H-pyrrole nitrogens is 2. The number of rotatable bonds is 0. The van der Waals surface area contributed by atoms with Gasteiger partial charge in [0.1, 0.15) is 4.64 Å². The number of hydrogen-bond acceptors (Lipinski definition) is 2. The number of nitrogens with one attached hydrogen (secondary N) is 2. The van der Waals surface area contributed by atoms with E-state index in [1.165, 1.54) is 10.9 Å². The van der Waals surface area contributed by atoms with Crippen LogP contribution in [0.4, 0.5) is 0 Å². The van der Waals surface area contributed by atoms with Crippen LogP contribution in [0, 0.1) is 11.6 Å². The molecule has 0 fully saturated rings. The van der Waals surface area contributed by atoms with Gasteiger partial charge in [-0.25, -0.2) is 0 Å². The molecule has 0 bridgehead atoms. The summed E-state index contributed by atoms with van der Waals surface area (Å²) in [5.41, 5.74) is 3.30.